The van der Waals surface area contributed by atoms with Crippen LogP contribution >= 0.6 is 15.9 Å². The van der Waals surface area contributed by atoms with Gasteiger partial charge in [0.15, 0.2) is 0 Å². The molecule has 0 atom stereocenters. The summed E-state index contributed by atoms with van der Waals surface area (Å²) in [7, 11) is 2.71. The van der Waals surface area contributed by atoms with Gasteiger partial charge in [-0.2, -0.15) is 0 Å². The predicted octanol–water partition coefficient (Wildman–Crippen LogP) is -0.354. The number of aromatic nitrogens is 3. The van der Waals surface area contributed by atoms with Gasteiger partial charge in [-0.1, -0.05) is 0 Å². The van der Waals surface area contributed by atoms with Crippen LogP contribution in [0.25, 0.3) is 11.0 Å². The second kappa shape index (κ2) is 4.75. The Bertz CT molecular complexity index is 906. The van der Waals surface area contributed by atoms with E-state index < -0.39 is 22.6 Å². The van der Waals surface area contributed by atoms with Gasteiger partial charge in [0.2, 0.25) is 11.3 Å². The number of carbonyl (C=O) groups is 1. The molecule has 0 fully saturated rings. The zero-order valence-electron chi connectivity index (χ0n) is 10.9. The number of fused-ring (bicyclic) bond motifs is 1. The van der Waals surface area contributed by atoms with Gasteiger partial charge in [-0.05, 0) is 15.9 Å². The first-order chi connectivity index (χ1) is 9.25. The highest BCUT2D eigenvalue weighted by Crippen LogP contribution is 2.17. The summed E-state index contributed by atoms with van der Waals surface area (Å²) in [5, 5.41) is 2.26. The summed E-state index contributed by atoms with van der Waals surface area (Å²) in [5.41, 5.74) is -1.82. The average molecular weight is 343 g/mol. The molecule has 0 aliphatic rings. The average Bonchev–Trinajstić information content (AvgIpc) is 2.38. The monoisotopic (exact) mass is 342 g/mol. The highest BCUT2D eigenvalue weighted by Gasteiger charge is 2.17. The van der Waals surface area contributed by atoms with Gasteiger partial charge >= 0.3 is 5.69 Å². The summed E-state index contributed by atoms with van der Waals surface area (Å²) >= 11 is 3.04. The first-order valence-corrected chi connectivity index (χ1v) is 6.34. The second-order valence-corrected chi connectivity index (χ2v) is 5.05. The molecule has 0 unspecified atom stereocenters. The molecular formula is C11H11BrN4O4. The number of H-pyrrole nitrogens is 1. The molecule has 0 spiro atoms. The Morgan fingerprint density at radius 2 is 1.80 bits per heavy atom. The van der Waals surface area contributed by atoms with Crippen LogP contribution < -0.4 is 22.0 Å². The van der Waals surface area contributed by atoms with Crippen LogP contribution in [0.1, 0.15) is 6.92 Å². The van der Waals surface area contributed by atoms with E-state index in [1.807, 2.05) is 0 Å². The molecule has 2 rings (SSSR count). The standard InChI is InChI=1S/C11H11BrN4O4/c1-4(17)13-8-6(12)7(18)5-9(14-8)15(2)11(20)16(3)10(5)19/h1-3H3,(H2,13,14,17,18). The van der Waals surface area contributed by atoms with E-state index in [0.29, 0.717) is 0 Å². The molecule has 0 bridgehead atoms. The van der Waals surface area contributed by atoms with Gasteiger partial charge in [0.05, 0.1) is 0 Å². The van der Waals surface area contributed by atoms with Gasteiger partial charge in [0, 0.05) is 21.0 Å². The number of carbonyl (C=O) groups excluding carboxylic acids is 1. The topological polar surface area (TPSA) is 106 Å². The van der Waals surface area contributed by atoms with Crippen molar-refractivity contribution in [1.82, 2.24) is 14.1 Å². The summed E-state index contributed by atoms with van der Waals surface area (Å²) in [5.74, 6) is -0.298. The first kappa shape index (κ1) is 14.3. The summed E-state index contributed by atoms with van der Waals surface area (Å²) in [6.07, 6.45) is 0. The van der Waals surface area contributed by atoms with Crippen LogP contribution in [0.4, 0.5) is 5.82 Å². The van der Waals surface area contributed by atoms with Crippen LogP contribution in [0.5, 0.6) is 0 Å². The number of anilines is 1. The van der Waals surface area contributed by atoms with Crippen LogP contribution in [0.15, 0.2) is 18.9 Å². The van der Waals surface area contributed by atoms with E-state index in [-0.39, 0.29) is 21.3 Å². The maximum atomic E-state index is 12.2. The van der Waals surface area contributed by atoms with Crippen LogP contribution in [-0.4, -0.2) is 20.0 Å². The van der Waals surface area contributed by atoms with Crippen molar-refractivity contribution in [3.05, 3.63) is 35.5 Å². The lowest BCUT2D eigenvalue weighted by atomic mass is 10.3. The quantitative estimate of drug-likeness (QED) is 0.738. The third kappa shape index (κ3) is 1.99. The molecule has 0 aliphatic heterocycles. The summed E-state index contributed by atoms with van der Waals surface area (Å²) in [6, 6.07) is 0. The third-order valence-electron chi connectivity index (χ3n) is 2.85. The highest BCUT2D eigenvalue weighted by atomic mass is 79.9. The maximum absolute atomic E-state index is 12.2. The molecule has 9 heteroatoms. The van der Waals surface area contributed by atoms with Crippen molar-refractivity contribution >= 4 is 38.7 Å². The van der Waals surface area contributed by atoms with E-state index >= 15 is 0 Å². The normalized spacial score (nSPS) is 10.8. The van der Waals surface area contributed by atoms with E-state index in [4.69, 9.17) is 0 Å². The Hall–Kier alpha value is -2.16. The number of nitrogens with zero attached hydrogens (tertiary/aromatic N) is 2. The van der Waals surface area contributed by atoms with Crippen LogP contribution in [0.3, 0.4) is 0 Å². The van der Waals surface area contributed by atoms with Crippen molar-refractivity contribution in [2.24, 2.45) is 14.1 Å². The largest absolute Gasteiger partial charge is 0.332 e. The van der Waals surface area contributed by atoms with Crippen molar-refractivity contribution in [3.63, 3.8) is 0 Å². The molecule has 20 heavy (non-hydrogen) atoms. The van der Waals surface area contributed by atoms with Crippen LogP contribution in [-0.2, 0) is 18.9 Å². The maximum Gasteiger partial charge on any atom is 0.332 e. The summed E-state index contributed by atoms with van der Waals surface area (Å²) in [6.45, 7) is 1.28. The number of hydrogen-bond donors (Lipinski definition) is 2. The van der Waals surface area contributed by atoms with Gasteiger partial charge in [0.1, 0.15) is 21.3 Å². The molecule has 0 aliphatic carbocycles. The zero-order valence-corrected chi connectivity index (χ0v) is 12.5. The summed E-state index contributed by atoms with van der Waals surface area (Å²) < 4.78 is 2.01. The molecular weight excluding hydrogens is 332 g/mol. The molecule has 106 valence electrons. The van der Waals surface area contributed by atoms with Crippen molar-refractivity contribution in [1.29, 1.82) is 0 Å². The van der Waals surface area contributed by atoms with E-state index in [1.165, 1.54) is 21.0 Å². The predicted molar refractivity (Wildman–Crippen MR) is 77.1 cm³/mol. The molecule has 2 aromatic heterocycles. The third-order valence-corrected chi connectivity index (χ3v) is 3.61. The van der Waals surface area contributed by atoms with Gasteiger partial charge < -0.3 is 10.3 Å². The Kier molecular flexibility index (Phi) is 3.38. The molecule has 0 radical (unpaired) electrons. The number of pyridine rings is 1. The minimum absolute atomic E-state index is 0.0240. The number of halogens is 1. The molecule has 0 saturated heterocycles. The van der Waals surface area contributed by atoms with Crippen molar-refractivity contribution < 1.29 is 4.79 Å². The zero-order chi connectivity index (χ0) is 15.2. The lowest BCUT2D eigenvalue weighted by Gasteiger charge is -2.11. The van der Waals surface area contributed by atoms with Crippen molar-refractivity contribution in [2.75, 3.05) is 5.32 Å². The first-order valence-electron chi connectivity index (χ1n) is 5.54. The van der Waals surface area contributed by atoms with E-state index in [9.17, 15) is 19.2 Å². The minimum atomic E-state index is -0.695. The smallest absolute Gasteiger partial charge is 0.326 e. The minimum Gasteiger partial charge on any atom is -0.326 e. The number of rotatable bonds is 1. The number of aromatic amines is 1. The molecule has 2 heterocycles. The summed E-state index contributed by atoms with van der Waals surface area (Å²) in [4.78, 5) is 49.9. The van der Waals surface area contributed by atoms with E-state index in [1.54, 1.807) is 0 Å². The second-order valence-electron chi connectivity index (χ2n) is 4.25. The van der Waals surface area contributed by atoms with Gasteiger partial charge in [0.25, 0.3) is 5.56 Å². The fourth-order valence-corrected chi connectivity index (χ4v) is 2.25. The van der Waals surface area contributed by atoms with Crippen molar-refractivity contribution in [3.8, 4) is 0 Å². The Labute approximate surface area is 120 Å². The highest BCUT2D eigenvalue weighted by molar-refractivity contribution is 9.10. The molecule has 0 saturated carbocycles. The lowest BCUT2D eigenvalue weighted by Crippen LogP contribution is -2.39. The Morgan fingerprint density at radius 3 is 2.35 bits per heavy atom. The van der Waals surface area contributed by atoms with Crippen LogP contribution in [0, 0.1) is 0 Å². The van der Waals surface area contributed by atoms with Gasteiger partial charge in [-0.3, -0.25) is 23.5 Å². The molecule has 1 amide bonds. The fraction of sp³-hybridized carbons (Fsp3) is 0.273. The number of hydrogen-bond acceptors (Lipinski definition) is 4. The number of amides is 1. The molecule has 8 nitrogen and oxygen atoms in total. The molecule has 2 aromatic rings. The van der Waals surface area contributed by atoms with Gasteiger partial charge in [-0.25, -0.2) is 4.79 Å². The number of nitrogens with one attached hydrogen (secondary N) is 2. The fourth-order valence-electron chi connectivity index (χ4n) is 1.85. The SMILES string of the molecule is CC(=O)Nc1[nH]c2c(c(=O)c1Br)c(=O)n(C)c(=O)n2C. The van der Waals surface area contributed by atoms with E-state index in [0.717, 1.165) is 9.13 Å². The van der Waals surface area contributed by atoms with E-state index in [2.05, 4.69) is 26.2 Å². The Balaban J connectivity index is 3.07. The molecule has 0 aromatic carbocycles. The van der Waals surface area contributed by atoms with Gasteiger partial charge in [-0.15, -0.1) is 0 Å². The van der Waals surface area contributed by atoms with Crippen molar-refractivity contribution in [2.45, 2.75) is 6.92 Å². The van der Waals surface area contributed by atoms with Crippen LogP contribution in [0.2, 0.25) is 0 Å². The number of aryl methyl sites for hydroxylation is 1. The Morgan fingerprint density at radius 1 is 1.20 bits per heavy atom. The lowest BCUT2D eigenvalue weighted by molar-refractivity contribution is -0.114. The molecule has 2 N–H and O–H groups in total.